The van der Waals surface area contributed by atoms with Gasteiger partial charge in [0.25, 0.3) is 0 Å². The highest BCUT2D eigenvalue weighted by Gasteiger charge is 2.22. The summed E-state index contributed by atoms with van der Waals surface area (Å²) in [6.07, 6.45) is 1.49. The Balaban J connectivity index is 1.88. The lowest BCUT2D eigenvalue weighted by Gasteiger charge is -2.30. The molecule has 0 radical (unpaired) electrons. The summed E-state index contributed by atoms with van der Waals surface area (Å²) in [7, 11) is 0. The van der Waals surface area contributed by atoms with Gasteiger partial charge in [-0.3, -0.25) is 0 Å². The zero-order chi connectivity index (χ0) is 13.8. The van der Waals surface area contributed by atoms with Crippen LogP contribution in [0.5, 0.6) is 5.75 Å². The number of carbonyl (C=O) groups is 2. The molecule has 0 unspecified atom stereocenters. The van der Waals surface area contributed by atoms with Crippen molar-refractivity contribution in [2.45, 2.75) is 18.9 Å². The molecule has 1 aliphatic rings. The maximum Gasteiger partial charge on any atom is 0.335 e. The molecule has 1 fully saturated rings. The van der Waals surface area contributed by atoms with Crippen LogP contribution < -0.4 is 10.5 Å². The molecule has 3 N–H and O–H groups in total. The summed E-state index contributed by atoms with van der Waals surface area (Å²) in [5.41, 5.74) is 5.43. The van der Waals surface area contributed by atoms with Crippen LogP contribution in [0.15, 0.2) is 24.3 Å². The Morgan fingerprint density at radius 3 is 2.26 bits per heavy atom. The van der Waals surface area contributed by atoms with E-state index in [0.29, 0.717) is 18.8 Å². The number of hydrogen-bond acceptors (Lipinski definition) is 3. The lowest BCUT2D eigenvalue weighted by Crippen LogP contribution is -2.44. The fourth-order valence-corrected chi connectivity index (χ4v) is 2.06. The number of nitrogens with zero attached hydrogens (tertiary/aromatic N) is 1. The zero-order valence-electron chi connectivity index (χ0n) is 10.4. The number of piperidine rings is 1. The number of benzene rings is 1. The number of primary amides is 1. The van der Waals surface area contributed by atoms with E-state index in [2.05, 4.69) is 0 Å². The van der Waals surface area contributed by atoms with Gasteiger partial charge in [0, 0.05) is 25.9 Å². The van der Waals surface area contributed by atoms with Crippen LogP contribution in [-0.2, 0) is 0 Å². The first kappa shape index (κ1) is 13.2. The lowest BCUT2D eigenvalue weighted by molar-refractivity contribution is 0.0697. The largest absolute Gasteiger partial charge is 0.490 e. The first-order chi connectivity index (χ1) is 9.06. The number of urea groups is 1. The molecular formula is C13H16N2O4. The minimum absolute atomic E-state index is 0.0336. The van der Waals surface area contributed by atoms with Gasteiger partial charge in [-0.2, -0.15) is 0 Å². The minimum Gasteiger partial charge on any atom is -0.490 e. The molecule has 1 aromatic carbocycles. The Kier molecular flexibility index (Phi) is 3.89. The van der Waals surface area contributed by atoms with E-state index in [0.717, 1.165) is 12.8 Å². The molecule has 6 heteroatoms. The van der Waals surface area contributed by atoms with E-state index in [1.54, 1.807) is 17.0 Å². The maximum absolute atomic E-state index is 11.0. The molecule has 2 amide bonds. The molecular weight excluding hydrogens is 248 g/mol. The van der Waals surface area contributed by atoms with Crippen LogP contribution in [0, 0.1) is 0 Å². The zero-order valence-corrected chi connectivity index (χ0v) is 10.4. The van der Waals surface area contributed by atoms with E-state index in [1.807, 2.05) is 0 Å². The molecule has 1 saturated heterocycles. The van der Waals surface area contributed by atoms with Crippen molar-refractivity contribution in [3.63, 3.8) is 0 Å². The third-order valence-corrected chi connectivity index (χ3v) is 3.16. The number of carboxylic acids is 1. The van der Waals surface area contributed by atoms with E-state index >= 15 is 0 Å². The van der Waals surface area contributed by atoms with Gasteiger partial charge in [-0.15, -0.1) is 0 Å². The summed E-state index contributed by atoms with van der Waals surface area (Å²) in [5.74, 6) is -0.316. The number of ether oxygens (including phenoxy) is 1. The van der Waals surface area contributed by atoms with Gasteiger partial charge in [-0.05, 0) is 24.3 Å². The summed E-state index contributed by atoms with van der Waals surface area (Å²) < 4.78 is 5.75. The molecule has 0 bridgehead atoms. The minimum atomic E-state index is -0.957. The number of rotatable bonds is 3. The first-order valence-electron chi connectivity index (χ1n) is 6.10. The Morgan fingerprint density at radius 1 is 1.21 bits per heavy atom. The highest BCUT2D eigenvalue weighted by molar-refractivity contribution is 5.87. The highest BCUT2D eigenvalue weighted by atomic mass is 16.5. The van der Waals surface area contributed by atoms with Gasteiger partial charge in [0.15, 0.2) is 0 Å². The number of nitrogens with two attached hydrogens (primary N) is 1. The van der Waals surface area contributed by atoms with Gasteiger partial charge in [0.05, 0.1) is 5.56 Å². The summed E-state index contributed by atoms with van der Waals surface area (Å²) in [5, 5.41) is 8.79. The quantitative estimate of drug-likeness (QED) is 0.860. The van der Waals surface area contributed by atoms with Crippen molar-refractivity contribution in [2.75, 3.05) is 13.1 Å². The van der Waals surface area contributed by atoms with E-state index in [4.69, 9.17) is 15.6 Å². The normalized spacial score (nSPS) is 16.1. The second-order valence-corrected chi connectivity index (χ2v) is 4.47. The topological polar surface area (TPSA) is 92.9 Å². The van der Waals surface area contributed by atoms with Crippen molar-refractivity contribution >= 4 is 12.0 Å². The summed E-state index contributed by atoms with van der Waals surface area (Å²) in [4.78, 5) is 23.3. The summed E-state index contributed by atoms with van der Waals surface area (Å²) >= 11 is 0. The van der Waals surface area contributed by atoms with Gasteiger partial charge in [-0.1, -0.05) is 0 Å². The molecule has 1 aromatic rings. The predicted octanol–water partition coefficient (Wildman–Crippen LogP) is 1.31. The van der Waals surface area contributed by atoms with Crippen LogP contribution in [-0.4, -0.2) is 41.2 Å². The van der Waals surface area contributed by atoms with E-state index in [1.165, 1.54) is 12.1 Å². The Bertz CT molecular complexity index is 464. The van der Waals surface area contributed by atoms with Crippen molar-refractivity contribution in [3.05, 3.63) is 29.8 Å². The number of amides is 2. The molecule has 0 spiro atoms. The van der Waals surface area contributed by atoms with Crippen LogP contribution in [0.3, 0.4) is 0 Å². The average Bonchev–Trinajstić information content (AvgIpc) is 2.40. The fraction of sp³-hybridized carbons (Fsp3) is 0.385. The van der Waals surface area contributed by atoms with E-state index in [9.17, 15) is 9.59 Å². The van der Waals surface area contributed by atoms with Crippen LogP contribution in [0.2, 0.25) is 0 Å². The number of aromatic carboxylic acids is 1. The standard InChI is InChI=1S/C13H16N2O4/c14-13(18)15-7-5-11(6-8-15)19-10-3-1-9(2-4-10)12(16)17/h1-4,11H,5-8H2,(H2,14,18)(H,16,17). The average molecular weight is 264 g/mol. The number of carboxylic acid groups (broad SMARTS) is 1. The molecule has 19 heavy (non-hydrogen) atoms. The Labute approximate surface area is 110 Å². The van der Waals surface area contributed by atoms with Gasteiger partial charge in [0.1, 0.15) is 11.9 Å². The van der Waals surface area contributed by atoms with Crippen LogP contribution >= 0.6 is 0 Å². The number of likely N-dealkylation sites (tertiary alicyclic amines) is 1. The third kappa shape index (κ3) is 3.37. The Morgan fingerprint density at radius 2 is 1.79 bits per heavy atom. The van der Waals surface area contributed by atoms with Crippen molar-refractivity contribution in [1.29, 1.82) is 0 Å². The molecule has 102 valence electrons. The molecule has 0 aromatic heterocycles. The highest BCUT2D eigenvalue weighted by Crippen LogP contribution is 2.19. The van der Waals surface area contributed by atoms with Gasteiger partial charge >= 0.3 is 12.0 Å². The predicted molar refractivity (Wildman–Crippen MR) is 68.2 cm³/mol. The molecule has 0 atom stereocenters. The molecule has 1 aliphatic heterocycles. The third-order valence-electron chi connectivity index (χ3n) is 3.16. The maximum atomic E-state index is 11.0. The van der Waals surface area contributed by atoms with Crippen LogP contribution in [0.25, 0.3) is 0 Å². The fourth-order valence-electron chi connectivity index (χ4n) is 2.06. The number of carbonyl (C=O) groups excluding carboxylic acids is 1. The summed E-state index contributed by atoms with van der Waals surface area (Å²) in [6.45, 7) is 1.18. The molecule has 6 nitrogen and oxygen atoms in total. The van der Waals surface area contributed by atoms with E-state index < -0.39 is 12.0 Å². The van der Waals surface area contributed by atoms with Crippen molar-refractivity contribution in [2.24, 2.45) is 5.73 Å². The second-order valence-electron chi connectivity index (χ2n) is 4.47. The van der Waals surface area contributed by atoms with Crippen molar-refractivity contribution in [1.82, 2.24) is 4.90 Å². The SMILES string of the molecule is NC(=O)N1CCC(Oc2ccc(C(=O)O)cc2)CC1. The smallest absolute Gasteiger partial charge is 0.335 e. The lowest BCUT2D eigenvalue weighted by atomic mass is 10.1. The van der Waals surface area contributed by atoms with Gasteiger partial charge < -0.3 is 20.5 Å². The van der Waals surface area contributed by atoms with Crippen LogP contribution in [0.1, 0.15) is 23.2 Å². The van der Waals surface area contributed by atoms with Gasteiger partial charge in [0.2, 0.25) is 0 Å². The van der Waals surface area contributed by atoms with Crippen LogP contribution in [0.4, 0.5) is 4.79 Å². The summed E-state index contributed by atoms with van der Waals surface area (Å²) in [6, 6.07) is 5.91. The monoisotopic (exact) mass is 264 g/mol. The molecule has 0 aliphatic carbocycles. The first-order valence-corrected chi connectivity index (χ1v) is 6.10. The Hall–Kier alpha value is -2.24. The second kappa shape index (κ2) is 5.60. The molecule has 0 saturated carbocycles. The molecule has 2 rings (SSSR count). The van der Waals surface area contributed by atoms with Crippen molar-refractivity contribution in [3.8, 4) is 5.75 Å². The van der Waals surface area contributed by atoms with E-state index in [-0.39, 0.29) is 11.7 Å². The van der Waals surface area contributed by atoms with Crippen molar-refractivity contribution < 1.29 is 19.4 Å². The molecule has 1 heterocycles. The van der Waals surface area contributed by atoms with Gasteiger partial charge in [-0.25, -0.2) is 9.59 Å². The number of hydrogen-bond donors (Lipinski definition) is 2.